The second-order valence-electron chi connectivity index (χ2n) is 6.56. The lowest BCUT2D eigenvalue weighted by atomic mass is 10.2. The van der Waals surface area contributed by atoms with Gasteiger partial charge in [0.15, 0.2) is 17.9 Å². The predicted molar refractivity (Wildman–Crippen MR) is 108 cm³/mol. The van der Waals surface area contributed by atoms with Crippen molar-refractivity contribution in [3.8, 4) is 21.9 Å². The summed E-state index contributed by atoms with van der Waals surface area (Å²) in [6.45, 7) is 1.71. The van der Waals surface area contributed by atoms with E-state index >= 15 is 0 Å². The number of rotatable bonds is 6. The van der Waals surface area contributed by atoms with E-state index in [0.29, 0.717) is 25.5 Å². The second-order valence-corrected chi connectivity index (χ2v) is 7.62. The Kier molecular flexibility index (Phi) is 4.95. The summed E-state index contributed by atoms with van der Waals surface area (Å²) in [5.41, 5.74) is 1.66. The summed E-state index contributed by atoms with van der Waals surface area (Å²) in [4.78, 5) is 15.9. The number of aromatic nitrogens is 3. The molecule has 0 spiro atoms. The van der Waals surface area contributed by atoms with Crippen molar-refractivity contribution in [1.82, 2.24) is 14.8 Å². The number of hydrogen-bond donors (Lipinski definition) is 0. The van der Waals surface area contributed by atoms with Gasteiger partial charge in [0.25, 0.3) is 0 Å². The summed E-state index contributed by atoms with van der Waals surface area (Å²) in [6, 6.07) is 7.42. The van der Waals surface area contributed by atoms with E-state index < -0.39 is 5.82 Å². The standard InChI is InChI=1S/C20H15FN4O4S/c21-14-7-13(24-26)1-2-16(14)29-17-3-4-22-15-8-18(30-20(15)17)12-9-23-25(10-12)11-19-27-5-6-28-19/h1-4,7-10,19H,5-6,11H2. The van der Waals surface area contributed by atoms with E-state index in [9.17, 15) is 9.30 Å². The summed E-state index contributed by atoms with van der Waals surface area (Å²) < 4.78 is 33.4. The predicted octanol–water partition coefficient (Wildman–Crippen LogP) is 4.86. The molecule has 0 aliphatic carbocycles. The number of thiophene rings is 1. The molecule has 0 atom stereocenters. The Morgan fingerprint density at radius 2 is 2.10 bits per heavy atom. The third kappa shape index (κ3) is 3.67. The zero-order valence-electron chi connectivity index (χ0n) is 15.5. The van der Waals surface area contributed by atoms with Crippen molar-refractivity contribution in [2.75, 3.05) is 13.2 Å². The molecule has 1 aromatic carbocycles. The normalized spacial score (nSPS) is 14.4. The molecule has 3 aromatic heterocycles. The fourth-order valence-corrected chi connectivity index (χ4v) is 4.18. The fourth-order valence-electron chi connectivity index (χ4n) is 3.14. The van der Waals surface area contributed by atoms with Crippen LogP contribution in [0.3, 0.4) is 0 Å². The molecule has 1 aliphatic heterocycles. The van der Waals surface area contributed by atoms with Crippen LogP contribution in [0.4, 0.5) is 10.1 Å². The number of pyridine rings is 1. The quantitative estimate of drug-likeness (QED) is 0.409. The van der Waals surface area contributed by atoms with Gasteiger partial charge in [-0.3, -0.25) is 9.67 Å². The van der Waals surface area contributed by atoms with E-state index in [1.165, 1.54) is 23.5 Å². The maximum absolute atomic E-state index is 14.2. The van der Waals surface area contributed by atoms with Gasteiger partial charge >= 0.3 is 0 Å². The maximum Gasteiger partial charge on any atom is 0.177 e. The molecule has 8 nitrogen and oxygen atoms in total. The van der Waals surface area contributed by atoms with Crippen molar-refractivity contribution in [3.05, 3.63) is 59.6 Å². The minimum Gasteiger partial charge on any atom is -0.453 e. The van der Waals surface area contributed by atoms with Gasteiger partial charge in [0.05, 0.1) is 36.2 Å². The number of nitroso groups, excluding NO2 is 1. The highest BCUT2D eigenvalue weighted by atomic mass is 32.1. The largest absolute Gasteiger partial charge is 0.453 e. The van der Waals surface area contributed by atoms with E-state index in [1.807, 2.05) is 12.3 Å². The van der Waals surface area contributed by atoms with E-state index in [1.54, 1.807) is 23.1 Å². The first kappa shape index (κ1) is 18.8. The van der Waals surface area contributed by atoms with Crippen LogP contribution in [-0.2, 0) is 16.0 Å². The van der Waals surface area contributed by atoms with Gasteiger partial charge in [-0.1, -0.05) is 0 Å². The molecular formula is C20H15FN4O4S. The number of ether oxygens (including phenoxy) is 3. The molecule has 152 valence electrons. The summed E-state index contributed by atoms with van der Waals surface area (Å²) in [7, 11) is 0. The Morgan fingerprint density at radius 1 is 1.23 bits per heavy atom. The summed E-state index contributed by atoms with van der Waals surface area (Å²) in [5, 5.41) is 7.10. The third-order valence-corrected chi connectivity index (χ3v) is 5.75. The van der Waals surface area contributed by atoms with Crippen LogP contribution in [0.1, 0.15) is 0 Å². The molecule has 1 saturated heterocycles. The van der Waals surface area contributed by atoms with Gasteiger partial charge in [-0.2, -0.15) is 5.10 Å². The second kappa shape index (κ2) is 7.90. The lowest BCUT2D eigenvalue weighted by Gasteiger charge is -2.07. The first-order chi connectivity index (χ1) is 14.7. The van der Waals surface area contributed by atoms with Crippen LogP contribution in [0.5, 0.6) is 11.5 Å². The molecule has 1 aliphatic rings. The maximum atomic E-state index is 14.2. The first-order valence-corrected chi connectivity index (χ1v) is 9.96. The number of hydrogen-bond acceptors (Lipinski definition) is 8. The first-order valence-electron chi connectivity index (χ1n) is 9.15. The van der Waals surface area contributed by atoms with Crippen LogP contribution in [0.2, 0.25) is 0 Å². The zero-order chi connectivity index (χ0) is 20.5. The lowest BCUT2D eigenvalue weighted by molar-refractivity contribution is -0.0545. The van der Waals surface area contributed by atoms with E-state index in [2.05, 4.69) is 15.3 Å². The summed E-state index contributed by atoms with van der Waals surface area (Å²) in [6.07, 6.45) is 5.01. The van der Waals surface area contributed by atoms with Crippen LogP contribution in [0.25, 0.3) is 20.7 Å². The molecule has 0 N–H and O–H groups in total. The molecule has 4 heterocycles. The van der Waals surface area contributed by atoms with E-state index in [4.69, 9.17) is 14.2 Å². The van der Waals surface area contributed by atoms with Crippen molar-refractivity contribution in [2.24, 2.45) is 5.18 Å². The minimum absolute atomic E-state index is 0.00329. The number of benzene rings is 1. The molecule has 0 amide bonds. The minimum atomic E-state index is -0.661. The number of nitrogens with zero attached hydrogens (tertiary/aromatic N) is 4. The monoisotopic (exact) mass is 426 g/mol. The number of halogens is 1. The molecular weight excluding hydrogens is 411 g/mol. The van der Waals surface area contributed by atoms with Gasteiger partial charge in [-0.25, -0.2) is 4.39 Å². The van der Waals surface area contributed by atoms with Crippen molar-refractivity contribution in [2.45, 2.75) is 12.8 Å². The molecule has 4 aromatic rings. The molecule has 0 bridgehead atoms. The molecule has 30 heavy (non-hydrogen) atoms. The van der Waals surface area contributed by atoms with Gasteiger partial charge < -0.3 is 14.2 Å². The van der Waals surface area contributed by atoms with Crippen LogP contribution in [-0.4, -0.2) is 34.3 Å². The highest BCUT2D eigenvalue weighted by Gasteiger charge is 2.18. The molecule has 0 unspecified atom stereocenters. The highest BCUT2D eigenvalue weighted by Crippen LogP contribution is 2.39. The number of fused-ring (bicyclic) bond motifs is 1. The van der Waals surface area contributed by atoms with Gasteiger partial charge in [0, 0.05) is 35.0 Å². The van der Waals surface area contributed by atoms with Crippen LogP contribution >= 0.6 is 11.3 Å². The Morgan fingerprint density at radius 3 is 2.90 bits per heavy atom. The Bertz CT molecular complexity index is 1220. The SMILES string of the molecule is O=Nc1ccc(Oc2ccnc3cc(-c4cnn(CC5OCCO5)c4)sc23)c(F)c1. The average molecular weight is 426 g/mol. The molecule has 10 heteroatoms. The topological polar surface area (TPSA) is 87.8 Å². The zero-order valence-corrected chi connectivity index (χ0v) is 16.3. The van der Waals surface area contributed by atoms with Crippen LogP contribution < -0.4 is 4.74 Å². The van der Waals surface area contributed by atoms with E-state index in [0.717, 1.165) is 26.7 Å². The Hall–Kier alpha value is -3.21. The Labute approximate surface area is 173 Å². The van der Waals surface area contributed by atoms with Crippen LogP contribution in [0, 0.1) is 10.7 Å². The van der Waals surface area contributed by atoms with Gasteiger partial charge in [0.2, 0.25) is 0 Å². The van der Waals surface area contributed by atoms with Gasteiger partial charge in [-0.15, -0.1) is 16.2 Å². The summed E-state index contributed by atoms with van der Waals surface area (Å²) in [5.74, 6) is -0.178. The third-order valence-electron chi connectivity index (χ3n) is 4.56. The van der Waals surface area contributed by atoms with Crippen molar-refractivity contribution < 1.29 is 18.6 Å². The van der Waals surface area contributed by atoms with Crippen molar-refractivity contribution in [1.29, 1.82) is 0 Å². The van der Waals surface area contributed by atoms with Crippen molar-refractivity contribution in [3.63, 3.8) is 0 Å². The van der Waals surface area contributed by atoms with E-state index in [-0.39, 0.29) is 17.7 Å². The fraction of sp³-hybridized carbons (Fsp3) is 0.200. The van der Waals surface area contributed by atoms with Crippen molar-refractivity contribution >= 4 is 27.2 Å². The molecule has 0 saturated carbocycles. The average Bonchev–Trinajstić information content (AvgIpc) is 3.50. The molecule has 1 fully saturated rings. The molecule has 0 radical (unpaired) electrons. The molecule has 5 rings (SSSR count). The highest BCUT2D eigenvalue weighted by molar-refractivity contribution is 7.22. The van der Waals surface area contributed by atoms with Gasteiger partial charge in [0.1, 0.15) is 11.4 Å². The Balaban J connectivity index is 1.42. The van der Waals surface area contributed by atoms with Crippen LogP contribution in [0.15, 0.2) is 54.1 Å². The lowest BCUT2D eigenvalue weighted by Crippen LogP contribution is -2.16. The summed E-state index contributed by atoms with van der Waals surface area (Å²) >= 11 is 1.47. The van der Waals surface area contributed by atoms with Gasteiger partial charge in [-0.05, 0) is 23.4 Å². The smallest absolute Gasteiger partial charge is 0.177 e.